The molecule has 0 radical (unpaired) electrons. The van der Waals surface area contributed by atoms with Crippen LogP contribution in [0.5, 0.6) is 0 Å². The van der Waals surface area contributed by atoms with E-state index in [0.29, 0.717) is 18.8 Å². The number of benzene rings is 1. The molecule has 5 nitrogen and oxygen atoms in total. The molecule has 0 aliphatic carbocycles. The number of rotatable bonds is 1. The van der Waals surface area contributed by atoms with Gasteiger partial charge in [0.2, 0.25) is 0 Å². The largest absolute Gasteiger partial charge is 0.396 e. The summed E-state index contributed by atoms with van der Waals surface area (Å²) in [6, 6.07) is 7.71. The molecule has 0 amide bonds. The van der Waals surface area contributed by atoms with Crippen LogP contribution in [0.25, 0.3) is 10.9 Å². The van der Waals surface area contributed by atoms with Crippen molar-refractivity contribution in [2.45, 2.75) is 12.2 Å². The number of para-hydroxylation sites is 1. The summed E-state index contributed by atoms with van der Waals surface area (Å²) < 4.78 is 0. The van der Waals surface area contributed by atoms with Crippen molar-refractivity contribution in [1.29, 1.82) is 0 Å². The second-order valence-corrected chi connectivity index (χ2v) is 4.62. The summed E-state index contributed by atoms with van der Waals surface area (Å²) in [5.74, 6) is 0. The van der Waals surface area contributed by atoms with Crippen molar-refractivity contribution in [3.63, 3.8) is 0 Å². The normalized spacial score (nSPS) is 23.8. The number of nitrogens with zero attached hydrogens (tertiary/aromatic N) is 2. The Hall–Kier alpha value is -1.85. The van der Waals surface area contributed by atoms with Crippen LogP contribution in [0.15, 0.2) is 30.5 Å². The van der Waals surface area contributed by atoms with Gasteiger partial charge in [-0.15, -0.1) is 0 Å². The molecule has 0 saturated carbocycles. The van der Waals surface area contributed by atoms with Crippen LogP contribution in [0.1, 0.15) is 0 Å². The van der Waals surface area contributed by atoms with Crippen molar-refractivity contribution in [2.75, 3.05) is 23.7 Å². The SMILES string of the molecule is Nc1cnc2ccccc2c1N1CC(O)C(O)C1. The van der Waals surface area contributed by atoms with E-state index in [0.717, 1.165) is 16.6 Å². The minimum absolute atomic E-state index is 0.388. The number of hydrogen-bond acceptors (Lipinski definition) is 5. The highest BCUT2D eigenvalue weighted by Gasteiger charge is 2.31. The third-order valence-corrected chi connectivity index (χ3v) is 3.35. The highest BCUT2D eigenvalue weighted by atomic mass is 16.3. The summed E-state index contributed by atoms with van der Waals surface area (Å²) in [6.45, 7) is 0.777. The standard InChI is InChI=1S/C13H15N3O2/c14-9-5-15-10-4-2-1-3-8(10)13(9)16-6-11(17)12(18)7-16/h1-5,11-12,17-18H,6-7,14H2. The molecular weight excluding hydrogens is 230 g/mol. The zero-order valence-corrected chi connectivity index (χ0v) is 9.82. The maximum absolute atomic E-state index is 9.64. The summed E-state index contributed by atoms with van der Waals surface area (Å²) in [6.07, 6.45) is 0.169. The van der Waals surface area contributed by atoms with Gasteiger partial charge in [-0.1, -0.05) is 18.2 Å². The fourth-order valence-electron chi connectivity index (χ4n) is 2.45. The highest BCUT2D eigenvalue weighted by molar-refractivity contribution is 5.97. The first-order valence-electron chi connectivity index (χ1n) is 5.91. The number of β-amino-alcohol motifs (C(OH)–C–C–N with tert-alkyl or cyclic N) is 2. The molecule has 5 heteroatoms. The van der Waals surface area contributed by atoms with Gasteiger partial charge in [0.25, 0.3) is 0 Å². The third kappa shape index (κ3) is 1.68. The maximum atomic E-state index is 9.64. The predicted octanol–water partition coefficient (Wildman–Crippen LogP) is 0.359. The van der Waals surface area contributed by atoms with Crippen molar-refractivity contribution in [1.82, 2.24) is 4.98 Å². The topological polar surface area (TPSA) is 82.6 Å². The number of nitrogens with two attached hydrogens (primary N) is 1. The summed E-state index contributed by atoms with van der Waals surface area (Å²) >= 11 is 0. The zero-order valence-electron chi connectivity index (χ0n) is 9.82. The van der Waals surface area contributed by atoms with Gasteiger partial charge < -0.3 is 20.8 Å². The van der Waals surface area contributed by atoms with Crippen LogP contribution >= 0.6 is 0 Å². The fraction of sp³-hybridized carbons (Fsp3) is 0.308. The number of nitrogen functional groups attached to an aromatic ring is 1. The number of hydrogen-bond donors (Lipinski definition) is 3. The lowest BCUT2D eigenvalue weighted by atomic mass is 10.1. The first-order valence-corrected chi connectivity index (χ1v) is 5.91. The van der Waals surface area contributed by atoms with E-state index >= 15 is 0 Å². The van der Waals surface area contributed by atoms with Gasteiger partial charge in [0.1, 0.15) is 0 Å². The van der Waals surface area contributed by atoms with Gasteiger partial charge in [-0.3, -0.25) is 4.98 Å². The number of aromatic nitrogens is 1. The Balaban J connectivity index is 2.13. The number of aliphatic hydroxyl groups excluding tert-OH is 2. The Morgan fingerprint density at radius 1 is 1.17 bits per heavy atom. The van der Waals surface area contributed by atoms with Crippen LogP contribution in [0, 0.1) is 0 Å². The van der Waals surface area contributed by atoms with Crippen LogP contribution in [0.2, 0.25) is 0 Å². The molecule has 4 N–H and O–H groups in total. The van der Waals surface area contributed by atoms with Gasteiger partial charge >= 0.3 is 0 Å². The average molecular weight is 245 g/mol. The van der Waals surface area contributed by atoms with Crippen molar-refractivity contribution >= 4 is 22.3 Å². The number of aliphatic hydroxyl groups is 2. The van der Waals surface area contributed by atoms with Gasteiger partial charge in [0.05, 0.1) is 35.3 Å². The Morgan fingerprint density at radius 3 is 2.56 bits per heavy atom. The summed E-state index contributed by atoms with van der Waals surface area (Å²) in [5, 5.41) is 20.2. The number of fused-ring (bicyclic) bond motifs is 1. The molecule has 2 aromatic rings. The Labute approximate surface area is 104 Å². The summed E-state index contributed by atoms with van der Waals surface area (Å²) in [5.41, 5.74) is 8.26. The van der Waals surface area contributed by atoms with Gasteiger partial charge in [0.15, 0.2) is 0 Å². The van der Waals surface area contributed by atoms with Crippen LogP contribution in [0.4, 0.5) is 11.4 Å². The minimum atomic E-state index is -0.726. The fourth-order valence-corrected chi connectivity index (χ4v) is 2.45. The molecular formula is C13H15N3O2. The van der Waals surface area contributed by atoms with Gasteiger partial charge in [-0.25, -0.2) is 0 Å². The van der Waals surface area contributed by atoms with E-state index in [1.807, 2.05) is 29.2 Å². The zero-order chi connectivity index (χ0) is 12.7. The van der Waals surface area contributed by atoms with Crippen molar-refractivity contribution in [3.8, 4) is 0 Å². The van der Waals surface area contributed by atoms with E-state index in [1.54, 1.807) is 6.20 Å². The molecule has 0 bridgehead atoms. The predicted molar refractivity (Wildman–Crippen MR) is 70.4 cm³/mol. The van der Waals surface area contributed by atoms with Crippen LogP contribution < -0.4 is 10.6 Å². The molecule has 18 heavy (non-hydrogen) atoms. The lowest BCUT2D eigenvalue weighted by molar-refractivity contribution is 0.0572. The molecule has 0 spiro atoms. The number of pyridine rings is 1. The third-order valence-electron chi connectivity index (χ3n) is 3.35. The molecule has 2 heterocycles. The van der Waals surface area contributed by atoms with Gasteiger partial charge in [0, 0.05) is 18.5 Å². The molecule has 94 valence electrons. The first kappa shape index (κ1) is 11.3. The van der Waals surface area contributed by atoms with E-state index in [1.165, 1.54) is 0 Å². The van der Waals surface area contributed by atoms with Crippen LogP contribution in [0.3, 0.4) is 0 Å². The van der Waals surface area contributed by atoms with E-state index in [9.17, 15) is 10.2 Å². The second-order valence-electron chi connectivity index (χ2n) is 4.62. The second kappa shape index (κ2) is 4.12. The van der Waals surface area contributed by atoms with Crippen molar-refractivity contribution < 1.29 is 10.2 Å². The Kier molecular flexibility index (Phi) is 2.57. The molecule has 1 aliphatic rings. The van der Waals surface area contributed by atoms with Gasteiger partial charge in [-0.05, 0) is 6.07 Å². The highest BCUT2D eigenvalue weighted by Crippen LogP contribution is 2.33. The molecule has 2 unspecified atom stereocenters. The van der Waals surface area contributed by atoms with E-state index in [4.69, 9.17) is 5.73 Å². The molecule has 1 fully saturated rings. The lowest BCUT2D eigenvalue weighted by Gasteiger charge is -2.21. The lowest BCUT2D eigenvalue weighted by Crippen LogP contribution is -2.22. The van der Waals surface area contributed by atoms with Crippen LogP contribution in [-0.2, 0) is 0 Å². The smallest absolute Gasteiger partial charge is 0.0990 e. The Morgan fingerprint density at radius 2 is 1.83 bits per heavy atom. The molecule has 1 aliphatic heterocycles. The van der Waals surface area contributed by atoms with Gasteiger partial charge in [-0.2, -0.15) is 0 Å². The monoisotopic (exact) mass is 245 g/mol. The average Bonchev–Trinajstić information content (AvgIpc) is 2.69. The summed E-state index contributed by atoms with van der Waals surface area (Å²) in [4.78, 5) is 6.19. The van der Waals surface area contributed by atoms with Crippen LogP contribution in [-0.4, -0.2) is 40.5 Å². The molecule has 1 saturated heterocycles. The minimum Gasteiger partial charge on any atom is -0.396 e. The molecule has 1 aromatic carbocycles. The molecule has 2 atom stereocenters. The van der Waals surface area contributed by atoms with E-state index < -0.39 is 12.2 Å². The quantitative estimate of drug-likeness (QED) is 0.675. The number of anilines is 2. The van der Waals surface area contributed by atoms with E-state index in [-0.39, 0.29) is 0 Å². The van der Waals surface area contributed by atoms with Crippen molar-refractivity contribution in [3.05, 3.63) is 30.5 Å². The molecule has 3 rings (SSSR count). The Bertz CT molecular complexity index is 577. The van der Waals surface area contributed by atoms with E-state index in [2.05, 4.69) is 4.98 Å². The first-order chi connectivity index (χ1) is 8.66. The van der Waals surface area contributed by atoms with Crippen molar-refractivity contribution in [2.24, 2.45) is 0 Å². The molecule has 1 aromatic heterocycles. The maximum Gasteiger partial charge on any atom is 0.0990 e. The summed E-state index contributed by atoms with van der Waals surface area (Å²) in [7, 11) is 0.